The quantitative estimate of drug-likeness (QED) is 0.832. The molecule has 156 valence electrons. The van der Waals surface area contributed by atoms with Gasteiger partial charge in [-0.25, -0.2) is 0 Å². The molecule has 1 atom stereocenters. The molecule has 0 spiro atoms. The van der Waals surface area contributed by atoms with Gasteiger partial charge in [0.2, 0.25) is 0 Å². The van der Waals surface area contributed by atoms with Gasteiger partial charge in [-0.05, 0) is 39.0 Å². The highest BCUT2D eigenvalue weighted by Gasteiger charge is 2.32. The van der Waals surface area contributed by atoms with Crippen molar-refractivity contribution in [1.29, 1.82) is 0 Å². The van der Waals surface area contributed by atoms with Gasteiger partial charge in [-0.2, -0.15) is 16.9 Å². The van der Waals surface area contributed by atoms with Gasteiger partial charge in [0.05, 0.1) is 0 Å². The lowest BCUT2D eigenvalue weighted by molar-refractivity contribution is 0.0764. The molecule has 1 unspecified atom stereocenters. The van der Waals surface area contributed by atoms with Gasteiger partial charge in [0.1, 0.15) is 0 Å². The number of carbonyl (C=O) groups is 1. The van der Waals surface area contributed by atoms with Crippen LogP contribution in [0.5, 0.6) is 0 Å². The highest BCUT2D eigenvalue weighted by atomic mass is 32.2. The van der Waals surface area contributed by atoms with Crippen molar-refractivity contribution >= 4 is 17.7 Å². The summed E-state index contributed by atoms with van der Waals surface area (Å²) in [5, 5.41) is 8.76. The number of nitrogens with one attached hydrogen (secondary N) is 1. The van der Waals surface area contributed by atoms with Crippen molar-refractivity contribution in [2.75, 3.05) is 24.6 Å². The number of aryl methyl sites for hydroxylation is 1. The monoisotopic (exact) mass is 404 g/mol. The van der Waals surface area contributed by atoms with Crippen molar-refractivity contribution in [3.63, 3.8) is 0 Å². The normalized spacial score (nSPS) is 24.5. The van der Waals surface area contributed by atoms with Crippen LogP contribution in [0.2, 0.25) is 0 Å². The summed E-state index contributed by atoms with van der Waals surface area (Å²) in [5.41, 5.74) is 3.29. The number of hydrogen-bond acceptors (Lipinski definition) is 4. The van der Waals surface area contributed by atoms with Crippen molar-refractivity contribution < 1.29 is 4.79 Å². The summed E-state index contributed by atoms with van der Waals surface area (Å²) < 4.78 is 2.09. The number of nitrogens with zero attached hydrogens (tertiary/aromatic N) is 3. The van der Waals surface area contributed by atoms with Gasteiger partial charge >= 0.3 is 0 Å². The molecule has 5 nitrogen and oxygen atoms in total. The Morgan fingerprint density at radius 2 is 1.79 bits per heavy atom. The van der Waals surface area contributed by atoms with E-state index in [0.717, 1.165) is 49.7 Å². The van der Waals surface area contributed by atoms with Crippen LogP contribution < -0.4 is 5.32 Å². The Labute approximate surface area is 174 Å². The smallest absolute Gasteiger partial charge is 0.274 e. The summed E-state index contributed by atoms with van der Waals surface area (Å²) in [4.78, 5) is 15.2. The average Bonchev–Trinajstić information content (AvgIpc) is 3.08. The lowest BCUT2D eigenvalue weighted by Crippen LogP contribution is -2.43. The SMILES string of the molecule is CCn1nc(C(=O)N2CCSCC2)c2c1CCC(NC1CCCCCCC1)C2. The molecule has 1 N–H and O–H groups in total. The first-order valence-electron chi connectivity index (χ1n) is 11.5. The van der Waals surface area contributed by atoms with Crippen LogP contribution in [0.4, 0.5) is 0 Å². The van der Waals surface area contributed by atoms with Crippen LogP contribution in [0.15, 0.2) is 0 Å². The van der Waals surface area contributed by atoms with E-state index in [0.29, 0.717) is 12.1 Å². The van der Waals surface area contributed by atoms with Crippen LogP contribution in [-0.2, 0) is 19.4 Å². The predicted molar refractivity (Wildman–Crippen MR) is 116 cm³/mol. The fourth-order valence-corrected chi connectivity index (χ4v) is 6.04. The molecule has 2 heterocycles. The summed E-state index contributed by atoms with van der Waals surface area (Å²) >= 11 is 1.94. The van der Waals surface area contributed by atoms with Crippen molar-refractivity contribution in [3.05, 3.63) is 17.0 Å². The molecule has 0 radical (unpaired) electrons. The van der Waals surface area contributed by atoms with Crippen LogP contribution >= 0.6 is 11.8 Å². The minimum Gasteiger partial charge on any atom is -0.336 e. The Morgan fingerprint density at radius 1 is 1.07 bits per heavy atom. The Balaban J connectivity index is 1.48. The molecule has 2 fully saturated rings. The molecule has 28 heavy (non-hydrogen) atoms. The molecular formula is C22H36N4OS. The number of thioether (sulfide) groups is 1. The second kappa shape index (κ2) is 9.66. The third kappa shape index (κ3) is 4.59. The maximum atomic E-state index is 13.2. The first-order valence-corrected chi connectivity index (χ1v) is 12.6. The van der Waals surface area contributed by atoms with Gasteiger partial charge in [-0.3, -0.25) is 9.48 Å². The largest absolute Gasteiger partial charge is 0.336 e. The van der Waals surface area contributed by atoms with E-state index in [-0.39, 0.29) is 5.91 Å². The molecule has 1 aliphatic heterocycles. The van der Waals surface area contributed by atoms with Crippen LogP contribution in [0.25, 0.3) is 0 Å². The highest BCUT2D eigenvalue weighted by molar-refractivity contribution is 7.99. The van der Waals surface area contributed by atoms with Crippen molar-refractivity contribution in [2.45, 2.75) is 89.8 Å². The average molecular weight is 405 g/mol. The topological polar surface area (TPSA) is 50.2 Å². The molecule has 1 aromatic rings. The standard InChI is InChI=1S/C22H36N4OS/c1-2-26-20-11-10-18(23-17-8-6-4-3-5-7-9-17)16-19(20)21(24-26)22(27)25-12-14-28-15-13-25/h17-18,23H,2-16H2,1H3. The fraction of sp³-hybridized carbons (Fsp3) is 0.818. The van der Waals surface area contributed by atoms with E-state index >= 15 is 0 Å². The summed E-state index contributed by atoms with van der Waals surface area (Å²) in [5.74, 6) is 2.26. The van der Waals surface area contributed by atoms with E-state index in [1.165, 1.54) is 62.6 Å². The van der Waals surface area contributed by atoms with E-state index < -0.39 is 0 Å². The molecule has 1 saturated carbocycles. The number of amides is 1. The van der Waals surface area contributed by atoms with Gasteiger partial charge < -0.3 is 10.2 Å². The molecule has 3 aliphatic rings. The molecular weight excluding hydrogens is 368 g/mol. The Kier molecular flexibility index (Phi) is 6.99. The zero-order valence-electron chi connectivity index (χ0n) is 17.4. The molecule has 2 aliphatic carbocycles. The Morgan fingerprint density at radius 3 is 2.50 bits per heavy atom. The van der Waals surface area contributed by atoms with Gasteiger partial charge in [-0.15, -0.1) is 0 Å². The first kappa shape index (κ1) is 20.3. The van der Waals surface area contributed by atoms with Crippen molar-refractivity contribution in [3.8, 4) is 0 Å². The lowest BCUT2D eigenvalue weighted by Gasteiger charge is -2.31. The number of carbonyl (C=O) groups excluding carboxylic acids is 1. The summed E-state index contributed by atoms with van der Waals surface area (Å²) in [7, 11) is 0. The summed E-state index contributed by atoms with van der Waals surface area (Å²) in [6.07, 6.45) is 12.7. The van der Waals surface area contributed by atoms with E-state index in [2.05, 4.69) is 16.9 Å². The number of hydrogen-bond donors (Lipinski definition) is 1. The van der Waals surface area contributed by atoms with E-state index in [4.69, 9.17) is 5.10 Å². The molecule has 1 saturated heterocycles. The first-order chi connectivity index (χ1) is 13.8. The molecule has 1 amide bonds. The van der Waals surface area contributed by atoms with E-state index in [9.17, 15) is 4.79 Å². The van der Waals surface area contributed by atoms with Crippen LogP contribution in [-0.4, -0.2) is 57.3 Å². The maximum Gasteiger partial charge on any atom is 0.274 e. The highest BCUT2D eigenvalue weighted by Crippen LogP contribution is 2.28. The number of fused-ring (bicyclic) bond motifs is 1. The zero-order chi connectivity index (χ0) is 19.3. The van der Waals surface area contributed by atoms with Gasteiger partial charge in [0.25, 0.3) is 5.91 Å². The van der Waals surface area contributed by atoms with Gasteiger partial charge in [0, 0.05) is 54.5 Å². The zero-order valence-corrected chi connectivity index (χ0v) is 18.2. The van der Waals surface area contributed by atoms with Crippen molar-refractivity contribution in [2.24, 2.45) is 0 Å². The molecule has 4 rings (SSSR count). The maximum absolute atomic E-state index is 13.2. The molecule has 0 bridgehead atoms. The van der Waals surface area contributed by atoms with Gasteiger partial charge in [0.15, 0.2) is 5.69 Å². The minimum absolute atomic E-state index is 0.162. The second-order valence-electron chi connectivity index (χ2n) is 8.64. The predicted octanol–water partition coefficient (Wildman–Crippen LogP) is 3.65. The summed E-state index contributed by atoms with van der Waals surface area (Å²) in [6.45, 7) is 4.71. The number of rotatable bonds is 4. The Hall–Kier alpha value is -1.01. The van der Waals surface area contributed by atoms with Crippen molar-refractivity contribution in [1.82, 2.24) is 20.0 Å². The van der Waals surface area contributed by atoms with Crippen LogP contribution in [0.1, 0.15) is 80.0 Å². The fourth-order valence-electron chi connectivity index (χ4n) is 5.14. The minimum atomic E-state index is 0.162. The molecule has 1 aromatic heterocycles. The second-order valence-corrected chi connectivity index (χ2v) is 9.87. The number of aromatic nitrogens is 2. The van der Waals surface area contributed by atoms with E-state index in [1.54, 1.807) is 0 Å². The third-order valence-electron chi connectivity index (χ3n) is 6.72. The van der Waals surface area contributed by atoms with E-state index in [1.807, 2.05) is 16.7 Å². The molecule has 6 heteroatoms. The van der Waals surface area contributed by atoms with Gasteiger partial charge in [-0.1, -0.05) is 32.1 Å². The Bertz CT molecular complexity index is 660. The summed E-state index contributed by atoms with van der Waals surface area (Å²) in [6, 6.07) is 1.15. The third-order valence-corrected chi connectivity index (χ3v) is 7.67. The lowest BCUT2D eigenvalue weighted by atomic mass is 9.89. The van der Waals surface area contributed by atoms with Crippen LogP contribution in [0, 0.1) is 0 Å². The molecule has 0 aromatic carbocycles. The van der Waals surface area contributed by atoms with Crippen LogP contribution in [0.3, 0.4) is 0 Å².